The van der Waals surface area contributed by atoms with Crippen molar-refractivity contribution >= 4 is 28.9 Å². The molecule has 0 radical (unpaired) electrons. The minimum Gasteiger partial charge on any atom is -0.398 e. The van der Waals surface area contributed by atoms with Gasteiger partial charge in [0.15, 0.2) is 0 Å². The van der Waals surface area contributed by atoms with Crippen LogP contribution in [0.2, 0.25) is 5.02 Å². The highest BCUT2D eigenvalue weighted by Gasteiger charge is 2.56. The van der Waals surface area contributed by atoms with Crippen LogP contribution in [0.5, 0.6) is 0 Å². The van der Waals surface area contributed by atoms with Crippen molar-refractivity contribution in [1.29, 1.82) is 0 Å². The molecule has 3 N–H and O–H groups in total. The Labute approximate surface area is 105 Å². The van der Waals surface area contributed by atoms with Crippen LogP contribution in [-0.2, 0) is 4.79 Å². The number of nitrogens with two attached hydrogens (primary N) is 1. The molecule has 2 atom stereocenters. The van der Waals surface area contributed by atoms with Crippen molar-refractivity contribution in [2.45, 2.75) is 19.3 Å². The van der Waals surface area contributed by atoms with Gasteiger partial charge in [-0.15, -0.1) is 0 Å². The maximum Gasteiger partial charge on any atom is 0.228 e. The molecule has 0 aromatic heterocycles. The Kier molecular flexibility index (Phi) is 2.51. The average molecular weight is 251 g/mol. The normalized spacial score (nSPS) is 29.8. The standard InChI is InChI=1S/C13H15ClN2O/c14-10-6-7(4-5-11(10)15)16-13(17)12-8-2-1-3-9(8)12/h4-6,8-9,12H,1-3,15H2,(H,16,17). The SMILES string of the molecule is Nc1ccc(NC(=O)C2C3CCCC32)cc1Cl. The molecule has 2 unspecified atom stereocenters. The topological polar surface area (TPSA) is 55.1 Å². The molecule has 1 aromatic rings. The first-order chi connectivity index (χ1) is 8.16. The van der Waals surface area contributed by atoms with Crippen LogP contribution in [0.4, 0.5) is 11.4 Å². The average Bonchev–Trinajstić information content (AvgIpc) is 2.78. The molecule has 17 heavy (non-hydrogen) atoms. The first-order valence-electron chi connectivity index (χ1n) is 6.02. The largest absolute Gasteiger partial charge is 0.398 e. The monoisotopic (exact) mass is 250 g/mol. The lowest BCUT2D eigenvalue weighted by Gasteiger charge is -2.07. The molecular formula is C13H15ClN2O. The van der Waals surface area contributed by atoms with E-state index in [-0.39, 0.29) is 11.8 Å². The first kappa shape index (κ1) is 10.9. The molecule has 4 heteroatoms. The molecule has 0 aliphatic heterocycles. The van der Waals surface area contributed by atoms with Crippen molar-refractivity contribution in [3.8, 4) is 0 Å². The molecule has 3 rings (SSSR count). The summed E-state index contributed by atoms with van der Waals surface area (Å²) in [4.78, 5) is 12.0. The van der Waals surface area contributed by atoms with Crippen LogP contribution < -0.4 is 11.1 Å². The minimum atomic E-state index is 0.139. The lowest BCUT2D eigenvalue weighted by atomic mass is 10.1. The van der Waals surface area contributed by atoms with Gasteiger partial charge in [-0.2, -0.15) is 0 Å². The number of nitrogens with one attached hydrogen (secondary N) is 1. The first-order valence-corrected chi connectivity index (χ1v) is 6.40. The molecule has 3 nitrogen and oxygen atoms in total. The highest BCUT2D eigenvalue weighted by atomic mass is 35.5. The number of halogens is 1. The minimum absolute atomic E-state index is 0.139. The van der Waals surface area contributed by atoms with E-state index >= 15 is 0 Å². The van der Waals surface area contributed by atoms with Crippen LogP contribution in [0.1, 0.15) is 19.3 Å². The zero-order valence-corrected chi connectivity index (χ0v) is 10.2. The van der Waals surface area contributed by atoms with Gasteiger partial charge in [-0.3, -0.25) is 4.79 Å². The van der Waals surface area contributed by atoms with Gasteiger partial charge in [0.05, 0.1) is 10.7 Å². The highest BCUT2D eigenvalue weighted by molar-refractivity contribution is 6.33. The molecular weight excluding hydrogens is 236 g/mol. The van der Waals surface area contributed by atoms with Gasteiger partial charge >= 0.3 is 0 Å². The van der Waals surface area contributed by atoms with E-state index < -0.39 is 0 Å². The van der Waals surface area contributed by atoms with Crippen LogP contribution in [0.3, 0.4) is 0 Å². The Morgan fingerprint density at radius 2 is 2.06 bits per heavy atom. The zero-order valence-electron chi connectivity index (χ0n) is 9.45. The predicted molar refractivity (Wildman–Crippen MR) is 68.8 cm³/mol. The number of rotatable bonds is 2. The third-order valence-corrected chi connectivity index (χ3v) is 4.30. The van der Waals surface area contributed by atoms with Crippen LogP contribution in [0, 0.1) is 17.8 Å². The molecule has 2 aliphatic carbocycles. The Bertz CT molecular complexity index is 464. The van der Waals surface area contributed by atoms with Gasteiger partial charge in [-0.1, -0.05) is 18.0 Å². The van der Waals surface area contributed by atoms with Gasteiger partial charge in [-0.25, -0.2) is 0 Å². The molecule has 0 heterocycles. The second-order valence-corrected chi connectivity index (χ2v) is 5.42. The maximum atomic E-state index is 12.0. The maximum absolute atomic E-state index is 12.0. The molecule has 2 aliphatic rings. The van der Waals surface area contributed by atoms with E-state index in [4.69, 9.17) is 17.3 Å². The number of amides is 1. The van der Waals surface area contributed by atoms with E-state index in [9.17, 15) is 4.79 Å². The fourth-order valence-electron chi connectivity index (χ4n) is 3.04. The lowest BCUT2D eigenvalue weighted by molar-refractivity contribution is -0.118. The summed E-state index contributed by atoms with van der Waals surface area (Å²) in [6, 6.07) is 5.20. The van der Waals surface area contributed by atoms with Gasteiger partial charge in [0, 0.05) is 11.6 Å². The van der Waals surface area contributed by atoms with Gasteiger partial charge in [0.2, 0.25) is 5.91 Å². The van der Waals surface area contributed by atoms with Crippen molar-refractivity contribution in [2.75, 3.05) is 11.1 Å². The number of anilines is 2. The molecule has 2 fully saturated rings. The number of hydrogen-bond donors (Lipinski definition) is 2. The summed E-state index contributed by atoms with van der Waals surface area (Å²) >= 11 is 5.91. The van der Waals surface area contributed by atoms with Gasteiger partial charge < -0.3 is 11.1 Å². The zero-order chi connectivity index (χ0) is 12.0. The fourth-order valence-corrected chi connectivity index (χ4v) is 3.22. The summed E-state index contributed by atoms with van der Waals surface area (Å²) < 4.78 is 0. The van der Waals surface area contributed by atoms with Crippen LogP contribution in [-0.4, -0.2) is 5.91 Å². The third kappa shape index (κ3) is 1.89. The summed E-state index contributed by atoms with van der Waals surface area (Å²) in [6.07, 6.45) is 3.71. The fraction of sp³-hybridized carbons (Fsp3) is 0.462. The van der Waals surface area contributed by atoms with Gasteiger partial charge in [0.1, 0.15) is 0 Å². The van der Waals surface area contributed by atoms with E-state index in [0.717, 1.165) is 5.69 Å². The number of nitrogen functional groups attached to an aromatic ring is 1. The van der Waals surface area contributed by atoms with Crippen molar-refractivity contribution in [1.82, 2.24) is 0 Å². The molecule has 0 saturated heterocycles. The Balaban J connectivity index is 1.67. The predicted octanol–water partition coefficient (Wildman–Crippen LogP) is 2.91. The van der Waals surface area contributed by atoms with Crippen LogP contribution in [0.25, 0.3) is 0 Å². The van der Waals surface area contributed by atoms with Crippen molar-refractivity contribution in [3.05, 3.63) is 23.2 Å². The van der Waals surface area contributed by atoms with Crippen molar-refractivity contribution < 1.29 is 4.79 Å². The molecule has 0 bridgehead atoms. The molecule has 90 valence electrons. The lowest BCUT2D eigenvalue weighted by Crippen LogP contribution is -2.16. The van der Waals surface area contributed by atoms with E-state index in [2.05, 4.69) is 5.32 Å². The molecule has 1 amide bonds. The second-order valence-electron chi connectivity index (χ2n) is 5.01. The number of carbonyl (C=O) groups is 1. The summed E-state index contributed by atoms with van der Waals surface area (Å²) in [5, 5.41) is 3.41. The van der Waals surface area contributed by atoms with E-state index in [1.807, 2.05) is 0 Å². The summed E-state index contributed by atoms with van der Waals surface area (Å²) in [7, 11) is 0. The third-order valence-electron chi connectivity index (χ3n) is 3.98. The number of fused-ring (bicyclic) bond motifs is 1. The highest BCUT2D eigenvalue weighted by Crippen LogP contribution is 2.57. The Hall–Kier alpha value is -1.22. The molecule has 1 aromatic carbocycles. The number of benzene rings is 1. The quantitative estimate of drug-likeness (QED) is 0.793. The summed E-state index contributed by atoms with van der Waals surface area (Å²) in [5.41, 5.74) is 6.89. The van der Waals surface area contributed by atoms with Crippen molar-refractivity contribution in [2.24, 2.45) is 17.8 Å². The Morgan fingerprint density at radius 3 is 2.71 bits per heavy atom. The summed E-state index contributed by atoms with van der Waals surface area (Å²) in [6.45, 7) is 0. The van der Waals surface area contributed by atoms with Gasteiger partial charge in [-0.05, 0) is 42.9 Å². The van der Waals surface area contributed by atoms with Gasteiger partial charge in [0.25, 0.3) is 0 Å². The number of hydrogen-bond acceptors (Lipinski definition) is 2. The smallest absolute Gasteiger partial charge is 0.228 e. The van der Waals surface area contributed by atoms with E-state index in [1.54, 1.807) is 18.2 Å². The molecule has 0 spiro atoms. The van der Waals surface area contributed by atoms with Crippen molar-refractivity contribution in [3.63, 3.8) is 0 Å². The number of carbonyl (C=O) groups excluding carboxylic acids is 1. The van der Waals surface area contributed by atoms with Crippen LogP contribution in [0.15, 0.2) is 18.2 Å². The summed E-state index contributed by atoms with van der Waals surface area (Å²) in [5.74, 6) is 1.65. The van der Waals surface area contributed by atoms with E-state index in [1.165, 1.54) is 19.3 Å². The van der Waals surface area contributed by atoms with Crippen LogP contribution >= 0.6 is 11.6 Å². The Morgan fingerprint density at radius 1 is 1.35 bits per heavy atom. The van der Waals surface area contributed by atoms with E-state index in [0.29, 0.717) is 22.5 Å². The second kappa shape index (κ2) is 3.91. The molecule has 2 saturated carbocycles.